The molecule has 0 bridgehead atoms. The van der Waals surface area contributed by atoms with Crippen molar-refractivity contribution in [2.75, 3.05) is 7.11 Å². The first-order valence-electron chi connectivity index (χ1n) is 4.40. The van der Waals surface area contributed by atoms with Gasteiger partial charge in [-0.05, 0) is 55.0 Å². The van der Waals surface area contributed by atoms with Crippen molar-refractivity contribution in [3.63, 3.8) is 0 Å². The molecule has 0 aliphatic heterocycles. The molecule has 0 spiro atoms. The fourth-order valence-corrected chi connectivity index (χ4v) is 2.70. The molecule has 78 valence electrons. The molecule has 0 aromatic heterocycles. The SMILES string of the molecule is COc1c(Br)cc(C(C)(C)C)cc1Br. The molecule has 0 atom stereocenters. The molecule has 0 aliphatic carbocycles. The van der Waals surface area contributed by atoms with Crippen LogP contribution in [-0.4, -0.2) is 7.11 Å². The van der Waals surface area contributed by atoms with Crippen molar-refractivity contribution >= 4 is 31.9 Å². The number of hydrogen-bond acceptors (Lipinski definition) is 1. The maximum absolute atomic E-state index is 5.25. The highest BCUT2D eigenvalue weighted by molar-refractivity contribution is 9.11. The van der Waals surface area contributed by atoms with Crippen molar-refractivity contribution in [3.8, 4) is 5.75 Å². The molecule has 0 unspecified atom stereocenters. The lowest BCUT2D eigenvalue weighted by Crippen LogP contribution is -2.11. The van der Waals surface area contributed by atoms with Gasteiger partial charge >= 0.3 is 0 Å². The van der Waals surface area contributed by atoms with Gasteiger partial charge in [-0.2, -0.15) is 0 Å². The van der Waals surface area contributed by atoms with Gasteiger partial charge in [0, 0.05) is 0 Å². The smallest absolute Gasteiger partial charge is 0.147 e. The fourth-order valence-electron chi connectivity index (χ4n) is 1.19. The van der Waals surface area contributed by atoms with E-state index in [1.165, 1.54) is 5.56 Å². The minimum Gasteiger partial charge on any atom is -0.494 e. The maximum atomic E-state index is 5.25. The van der Waals surface area contributed by atoms with Crippen LogP contribution < -0.4 is 4.74 Å². The molecule has 0 radical (unpaired) electrons. The molecule has 0 saturated heterocycles. The normalized spacial score (nSPS) is 11.6. The first kappa shape index (κ1) is 12.1. The van der Waals surface area contributed by atoms with Crippen LogP contribution >= 0.6 is 31.9 Å². The van der Waals surface area contributed by atoms with Gasteiger partial charge in [-0.3, -0.25) is 0 Å². The summed E-state index contributed by atoms with van der Waals surface area (Å²) in [6.07, 6.45) is 0. The van der Waals surface area contributed by atoms with Crippen molar-refractivity contribution in [1.29, 1.82) is 0 Å². The zero-order valence-corrected chi connectivity index (χ0v) is 12.0. The molecule has 14 heavy (non-hydrogen) atoms. The molecule has 0 saturated carbocycles. The summed E-state index contributed by atoms with van der Waals surface area (Å²) in [5.41, 5.74) is 1.43. The summed E-state index contributed by atoms with van der Waals surface area (Å²) in [6.45, 7) is 6.56. The number of methoxy groups -OCH3 is 1. The average molecular weight is 322 g/mol. The van der Waals surface area contributed by atoms with Crippen molar-refractivity contribution in [3.05, 3.63) is 26.6 Å². The number of rotatable bonds is 1. The van der Waals surface area contributed by atoms with Gasteiger partial charge in [0.2, 0.25) is 0 Å². The third kappa shape index (κ3) is 2.51. The van der Waals surface area contributed by atoms with Gasteiger partial charge < -0.3 is 4.74 Å². The molecule has 0 fully saturated rings. The molecular weight excluding hydrogens is 308 g/mol. The van der Waals surface area contributed by atoms with E-state index >= 15 is 0 Å². The summed E-state index contributed by atoms with van der Waals surface area (Å²) < 4.78 is 7.22. The molecule has 3 heteroatoms. The summed E-state index contributed by atoms with van der Waals surface area (Å²) in [6, 6.07) is 4.20. The first-order valence-corrected chi connectivity index (χ1v) is 5.98. The van der Waals surface area contributed by atoms with E-state index in [9.17, 15) is 0 Å². The second-order valence-corrected chi connectivity index (χ2v) is 5.93. The largest absolute Gasteiger partial charge is 0.494 e. The van der Waals surface area contributed by atoms with Gasteiger partial charge in [-0.15, -0.1) is 0 Å². The van der Waals surface area contributed by atoms with E-state index in [4.69, 9.17) is 4.74 Å². The summed E-state index contributed by atoms with van der Waals surface area (Å²) in [7, 11) is 1.67. The molecule has 1 aromatic carbocycles. The highest BCUT2D eigenvalue weighted by Gasteiger charge is 2.17. The summed E-state index contributed by atoms with van der Waals surface area (Å²) >= 11 is 6.99. The maximum Gasteiger partial charge on any atom is 0.147 e. The van der Waals surface area contributed by atoms with Gasteiger partial charge in [0.15, 0.2) is 0 Å². The van der Waals surface area contributed by atoms with Crippen LogP contribution in [0.3, 0.4) is 0 Å². The van der Waals surface area contributed by atoms with Gasteiger partial charge in [-0.25, -0.2) is 0 Å². The Morgan fingerprint density at radius 2 is 1.50 bits per heavy atom. The van der Waals surface area contributed by atoms with E-state index in [0.29, 0.717) is 0 Å². The second-order valence-electron chi connectivity index (χ2n) is 4.22. The van der Waals surface area contributed by atoms with E-state index in [0.717, 1.165) is 14.7 Å². The van der Waals surface area contributed by atoms with Gasteiger partial charge in [0.05, 0.1) is 16.1 Å². The Morgan fingerprint density at radius 3 is 1.79 bits per heavy atom. The van der Waals surface area contributed by atoms with Crippen molar-refractivity contribution < 1.29 is 4.74 Å². The Hall–Kier alpha value is -0.0200. The van der Waals surface area contributed by atoms with Gasteiger partial charge in [0.1, 0.15) is 5.75 Å². The monoisotopic (exact) mass is 320 g/mol. The number of halogens is 2. The third-order valence-corrected chi connectivity index (χ3v) is 3.25. The van der Waals surface area contributed by atoms with E-state index < -0.39 is 0 Å². The van der Waals surface area contributed by atoms with Crippen LogP contribution in [0.1, 0.15) is 26.3 Å². The van der Waals surface area contributed by atoms with E-state index in [1.54, 1.807) is 7.11 Å². The highest BCUT2D eigenvalue weighted by Crippen LogP contribution is 2.37. The number of hydrogen-bond donors (Lipinski definition) is 0. The summed E-state index contributed by atoms with van der Waals surface area (Å²) in [4.78, 5) is 0. The lowest BCUT2D eigenvalue weighted by molar-refractivity contribution is 0.408. The second kappa shape index (κ2) is 4.23. The van der Waals surface area contributed by atoms with E-state index in [1.807, 2.05) is 0 Å². The average Bonchev–Trinajstić information content (AvgIpc) is 2.01. The minimum absolute atomic E-state index is 0.150. The standard InChI is InChI=1S/C11H14Br2O/c1-11(2,3)7-5-8(12)10(14-4)9(13)6-7/h5-6H,1-4H3. The van der Waals surface area contributed by atoms with Crippen LogP contribution in [0.25, 0.3) is 0 Å². The predicted octanol–water partition coefficient (Wildman–Crippen LogP) is 4.52. The minimum atomic E-state index is 0.150. The predicted molar refractivity (Wildman–Crippen MR) is 67.1 cm³/mol. The number of benzene rings is 1. The molecular formula is C11H14Br2O. The van der Waals surface area contributed by atoms with Crippen LogP contribution in [0.15, 0.2) is 21.1 Å². The molecule has 0 amide bonds. The lowest BCUT2D eigenvalue weighted by Gasteiger charge is -2.20. The van der Waals surface area contributed by atoms with Gasteiger partial charge in [-0.1, -0.05) is 20.8 Å². The van der Waals surface area contributed by atoms with Crippen molar-refractivity contribution in [2.24, 2.45) is 0 Å². The molecule has 0 N–H and O–H groups in total. The molecule has 0 aliphatic rings. The van der Waals surface area contributed by atoms with Crippen molar-refractivity contribution in [2.45, 2.75) is 26.2 Å². The molecule has 1 nitrogen and oxygen atoms in total. The Bertz CT molecular complexity index is 317. The van der Waals surface area contributed by atoms with Crippen molar-refractivity contribution in [1.82, 2.24) is 0 Å². The Labute approximate surface area is 102 Å². The highest BCUT2D eigenvalue weighted by atomic mass is 79.9. The Balaban J connectivity index is 3.28. The molecule has 0 heterocycles. The van der Waals surface area contributed by atoms with Crippen LogP contribution in [0.2, 0.25) is 0 Å². The van der Waals surface area contributed by atoms with E-state index in [-0.39, 0.29) is 5.41 Å². The third-order valence-electron chi connectivity index (χ3n) is 2.07. The number of ether oxygens (including phenoxy) is 1. The zero-order valence-electron chi connectivity index (χ0n) is 8.82. The van der Waals surface area contributed by atoms with E-state index in [2.05, 4.69) is 64.8 Å². The summed E-state index contributed by atoms with van der Waals surface area (Å²) in [5.74, 6) is 0.845. The van der Waals surface area contributed by atoms with Crippen LogP contribution in [0, 0.1) is 0 Å². The molecule has 1 aromatic rings. The summed E-state index contributed by atoms with van der Waals surface area (Å²) in [5, 5.41) is 0. The first-order chi connectivity index (χ1) is 6.36. The fraction of sp³-hybridized carbons (Fsp3) is 0.455. The van der Waals surface area contributed by atoms with Crippen LogP contribution in [0.5, 0.6) is 5.75 Å². The zero-order chi connectivity index (χ0) is 10.9. The lowest BCUT2D eigenvalue weighted by atomic mass is 9.87. The van der Waals surface area contributed by atoms with Crippen LogP contribution in [-0.2, 0) is 5.41 Å². The molecule has 1 rings (SSSR count). The topological polar surface area (TPSA) is 9.23 Å². The van der Waals surface area contributed by atoms with Crippen LogP contribution in [0.4, 0.5) is 0 Å². The Morgan fingerprint density at radius 1 is 1.07 bits per heavy atom. The van der Waals surface area contributed by atoms with Gasteiger partial charge in [0.25, 0.3) is 0 Å². The Kier molecular flexibility index (Phi) is 3.64. The quantitative estimate of drug-likeness (QED) is 0.739.